The summed E-state index contributed by atoms with van der Waals surface area (Å²) in [6.07, 6.45) is 1.53. The fourth-order valence-corrected chi connectivity index (χ4v) is 1.99. The topological polar surface area (TPSA) is 26.9 Å². The molecular formula is C8H7NOS. The van der Waals surface area contributed by atoms with Crippen molar-refractivity contribution in [1.29, 1.82) is 0 Å². The second-order valence-corrected chi connectivity index (χ2v) is 3.69. The molecule has 2 heterocycles. The zero-order chi connectivity index (χ0) is 7.84. The third-order valence-corrected chi connectivity index (χ3v) is 2.61. The number of fused-ring (bicyclic) bond motifs is 1. The second-order valence-electron chi connectivity index (χ2n) is 2.45. The summed E-state index contributed by atoms with van der Waals surface area (Å²) >= 11 is 1.53. The van der Waals surface area contributed by atoms with Gasteiger partial charge in [-0.2, -0.15) is 4.73 Å². The third kappa shape index (κ3) is 0.973. The van der Waals surface area contributed by atoms with Gasteiger partial charge in [0.25, 0.3) is 4.83 Å². The van der Waals surface area contributed by atoms with E-state index in [1.54, 1.807) is 6.07 Å². The van der Waals surface area contributed by atoms with E-state index in [9.17, 15) is 5.21 Å². The van der Waals surface area contributed by atoms with Gasteiger partial charge in [0.05, 0.1) is 5.39 Å². The van der Waals surface area contributed by atoms with Crippen molar-refractivity contribution in [3.8, 4) is 0 Å². The lowest BCUT2D eigenvalue weighted by molar-refractivity contribution is -0.574. The molecule has 0 aromatic carbocycles. The molecule has 11 heavy (non-hydrogen) atoms. The number of aromatic nitrogens is 1. The molecule has 0 aliphatic carbocycles. The van der Waals surface area contributed by atoms with Crippen LogP contribution in [0.5, 0.6) is 0 Å². The minimum Gasteiger partial charge on any atom is -0.618 e. The predicted molar refractivity (Wildman–Crippen MR) is 45.5 cm³/mol. The van der Waals surface area contributed by atoms with Crippen LogP contribution in [0.25, 0.3) is 10.2 Å². The normalized spacial score (nSPS) is 10.6. The van der Waals surface area contributed by atoms with E-state index in [0.29, 0.717) is 0 Å². The van der Waals surface area contributed by atoms with Crippen molar-refractivity contribution in [3.05, 3.63) is 34.5 Å². The summed E-state index contributed by atoms with van der Waals surface area (Å²) in [5.74, 6) is 0. The first-order valence-corrected chi connectivity index (χ1v) is 4.17. The summed E-state index contributed by atoms with van der Waals surface area (Å²) in [5, 5.41) is 12.2. The Hall–Kier alpha value is -1.09. The van der Waals surface area contributed by atoms with Crippen molar-refractivity contribution in [3.63, 3.8) is 0 Å². The van der Waals surface area contributed by atoms with Crippen molar-refractivity contribution in [2.45, 2.75) is 6.92 Å². The van der Waals surface area contributed by atoms with E-state index in [4.69, 9.17) is 0 Å². The van der Waals surface area contributed by atoms with E-state index in [-0.39, 0.29) is 0 Å². The van der Waals surface area contributed by atoms with Crippen molar-refractivity contribution >= 4 is 21.6 Å². The molecule has 0 spiro atoms. The number of hydrogen-bond acceptors (Lipinski definition) is 2. The van der Waals surface area contributed by atoms with Crippen LogP contribution < -0.4 is 4.73 Å². The Morgan fingerprint density at radius 1 is 1.55 bits per heavy atom. The van der Waals surface area contributed by atoms with Crippen LogP contribution in [-0.2, 0) is 0 Å². The maximum absolute atomic E-state index is 11.1. The first-order chi connectivity index (χ1) is 5.27. The molecular weight excluding hydrogens is 158 g/mol. The third-order valence-electron chi connectivity index (χ3n) is 1.56. The van der Waals surface area contributed by atoms with E-state index in [1.807, 2.05) is 19.1 Å². The van der Waals surface area contributed by atoms with Crippen molar-refractivity contribution in [2.24, 2.45) is 0 Å². The van der Waals surface area contributed by atoms with Gasteiger partial charge in [-0.3, -0.25) is 0 Å². The van der Waals surface area contributed by atoms with Gasteiger partial charge < -0.3 is 5.21 Å². The van der Waals surface area contributed by atoms with E-state index >= 15 is 0 Å². The Morgan fingerprint density at radius 3 is 3.09 bits per heavy atom. The van der Waals surface area contributed by atoms with Crippen LogP contribution in [0.3, 0.4) is 0 Å². The Morgan fingerprint density at radius 2 is 2.36 bits per heavy atom. The molecule has 56 valence electrons. The van der Waals surface area contributed by atoms with Crippen LogP contribution >= 0.6 is 11.3 Å². The summed E-state index contributed by atoms with van der Waals surface area (Å²) in [7, 11) is 0. The summed E-state index contributed by atoms with van der Waals surface area (Å²) in [5.41, 5.74) is 0. The standard InChI is InChI=1S/C8H7NOS/c1-6-5-7-3-2-4-9(10)8(7)11-6/h2-5H,1H3. The molecule has 0 unspecified atom stereocenters. The first-order valence-electron chi connectivity index (χ1n) is 3.36. The second kappa shape index (κ2) is 2.20. The number of thiophene rings is 1. The minimum absolute atomic E-state index is 0.796. The summed E-state index contributed by atoms with van der Waals surface area (Å²) in [4.78, 5) is 1.97. The monoisotopic (exact) mass is 165 g/mol. The average Bonchev–Trinajstić information content (AvgIpc) is 2.31. The number of nitrogens with zero attached hydrogens (tertiary/aromatic N) is 1. The van der Waals surface area contributed by atoms with Crippen molar-refractivity contribution in [2.75, 3.05) is 0 Å². The lowest BCUT2D eigenvalue weighted by Gasteiger charge is -1.93. The quantitative estimate of drug-likeness (QED) is 0.432. The van der Waals surface area contributed by atoms with Gasteiger partial charge >= 0.3 is 0 Å². The van der Waals surface area contributed by atoms with Gasteiger partial charge in [-0.15, -0.1) is 0 Å². The van der Waals surface area contributed by atoms with Crippen molar-refractivity contribution < 1.29 is 4.73 Å². The van der Waals surface area contributed by atoms with Crippen LogP contribution in [0.4, 0.5) is 0 Å². The Balaban J connectivity index is 2.90. The van der Waals surface area contributed by atoms with Gasteiger partial charge in [-0.25, -0.2) is 0 Å². The summed E-state index contributed by atoms with van der Waals surface area (Å²) in [6.45, 7) is 2.00. The van der Waals surface area contributed by atoms with Gasteiger partial charge in [0.15, 0.2) is 6.20 Å². The molecule has 0 amide bonds. The molecule has 0 atom stereocenters. The van der Waals surface area contributed by atoms with Gasteiger partial charge in [0.2, 0.25) is 0 Å². The van der Waals surface area contributed by atoms with Crippen LogP contribution in [0.2, 0.25) is 0 Å². The number of rotatable bonds is 0. The van der Waals surface area contributed by atoms with E-state index in [2.05, 4.69) is 0 Å². The lowest BCUT2D eigenvalue weighted by Crippen LogP contribution is -2.24. The number of pyridine rings is 1. The molecule has 2 nitrogen and oxygen atoms in total. The van der Waals surface area contributed by atoms with Crippen molar-refractivity contribution in [1.82, 2.24) is 0 Å². The summed E-state index contributed by atoms with van der Waals surface area (Å²) < 4.78 is 0.910. The molecule has 0 N–H and O–H groups in total. The van der Waals surface area contributed by atoms with E-state index in [1.165, 1.54) is 22.4 Å². The van der Waals surface area contributed by atoms with Crippen LogP contribution in [0.15, 0.2) is 24.4 Å². The van der Waals surface area contributed by atoms with Gasteiger partial charge in [-0.05, 0) is 19.1 Å². The highest BCUT2D eigenvalue weighted by Crippen LogP contribution is 2.20. The van der Waals surface area contributed by atoms with E-state index < -0.39 is 0 Å². The Labute approximate surface area is 68.3 Å². The maximum Gasteiger partial charge on any atom is 0.280 e. The zero-order valence-electron chi connectivity index (χ0n) is 6.07. The Kier molecular flexibility index (Phi) is 1.32. The maximum atomic E-state index is 11.1. The largest absolute Gasteiger partial charge is 0.618 e. The average molecular weight is 165 g/mol. The first kappa shape index (κ1) is 6.61. The van der Waals surface area contributed by atoms with Crippen LogP contribution in [0.1, 0.15) is 4.88 Å². The molecule has 0 radical (unpaired) electrons. The predicted octanol–water partition coefficient (Wildman–Crippen LogP) is 1.84. The molecule has 3 heteroatoms. The number of aryl methyl sites for hydroxylation is 1. The minimum atomic E-state index is 0.796. The molecule has 0 saturated carbocycles. The smallest absolute Gasteiger partial charge is 0.280 e. The molecule has 2 rings (SSSR count). The van der Waals surface area contributed by atoms with Gasteiger partial charge in [0, 0.05) is 10.9 Å². The SMILES string of the molecule is Cc1cc2ccc[n+]([O-])c2s1. The van der Waals surface area contributed by atoms with Crippen LogP contribution in [-0.4, -0.2) is 0 Å². The molecule has 0 fully saturated rings. The Bertz CT molecular complexity index is 394. The van der Waals surface area contributed by atoms with Gasteiger partial charge in [0.1, 0.15) is 0 Å². The van der Waals surface area contributed by atoms with Gasteiger partial charge in [-0.1, -0.05) is 11.3 Å². The zero-order valence-corrected chi connectivity index (χ0v) is 6.89. The van der Waals surface area contributed by atoms with E-state index in [0.717, 1.165) is 14.9 Å². The fraction of sp³-hybridized carbons (Fsp3) is 0.125. The lowest BCUT2D eigenvalue weighted by atomic mass is 10.3. The molecule has 2 aromatic rings. The molecule has 0 saturated heterocycles. The van der Waals surface area contributed by atoms with Crippen LogP contribution in [0, 0.1) is 12.1 Å². The molecule has 0 aliphatic rings. The highest BCUT2D eigenvalue weighted by atomic mass is 32.1. The number of hydrogen-bond donors (Lipinski definition) is 0. The fourth-order valence-electron chi connectivity index (χ4n) is 1.11. The molecule has 0 aliphatic heterocycles. The highest BCUT2D eigenvalue weighted by molar-refractivity contribution is 7.18. The summed E-state index contributed by atoms with van der Waals surface area (Å²) in [6, 6.07) is 5.74. The highest BCUT2D eigenvalue weighted by Gasteiger charge is 2.04. The molecule has 2 aromatic heterocycles. The molecule has 0 bridgehead atoms.